The molecule has 6 heteroatoms. The monoisotopic (exact) mass is 501 g/mol. The third-order valence-electron chi connectivity index (χ3n) is 8.95. The van der Waals surface area contributed by atoms with Crippen molar-refractivity contribution >= 4 is 21.8 Å². The molecule has 2 aromatic heterocycles. The number of benzene rings is 2. The van der Waals surface area contributed by atoms with E-state index in [2.05, 4.69) is 33.7 Å². The van der Waals surface area contributed by atoms with Crippen molar-refractivity contribution in [2.45, 2.75) is 77.2 Å². The summed E-state index contributed by atoms with van der Waals surface area (Å²) < 4.78 is 19.4. The van der Waals surface area contributed by atoms with Crippen molar-refractivity contribution in [1.82, 2.24) is 24.5 Å². The fourth-order valence-corrected chi connectivity index (χ4v) is 6.87. The molecule has 1 aliphatic carbocycles. The summed E-state index contributed by atoms with van der Waals surface area (Å²) in [7, 11) is 1.91. The third kappa shape index (κ3) is 4.81. The molecule has 0 N–H and O–H groups in total. The number of likely N-dealkylation sites (tertiary alicyclic amines) is 1. The summed E-state index contributed by atoms with van der Waals surface area (Å²) in [5, 5.41) is 11.4. The quantitative estimate of drug-likeness (QED) is 0.288. The van der Waals surface area contributed by atoms with E-state index in [-0.39, 0.29) is 5.82 Å². The molecule has 0 radical (unpaired) electrons. The molecule has 0 atom stereocenters. The standard InChI is InChI=1S/C31H40FN5/c1-3-37-28-13-9-12-25(26-19-29-24(18-27(26)32)20-33-35(29)2)30(28)31(34-37)23-14-16-36(17-15-23)21-22-10-7-5-4-6-8-11-22/h9,12-13,18-20,22-23H,3-8,10-11,14-17,21H2,1-2H3. The largest absolute Gasteiger partial charge is 0.303 e. The normalized spacial score (nSPS) is 19.0. The number of rotatable bonds is 5. The van der Waals surface area contributed by atoms with Crippen molar-refractivity contribution in [2.75, 3.05) is 19.6 Å². The van der Waals surface area contributed by atoms with Crippen molar-refractivity contribution in [3.63, 3.8) is 0 Å². The van der Waals surface area contributed by atoms with Gasteiger partial charge in [0.2, 0.25) is 0 Å². The molecule has 1 aliphatic heterocycles. The second-order valence-electron chi connectivity index (χ2n) is 11.3. The molecular formula is C31H40FN5. The van der Waals surface area contributed by atoms with E-state index in [1.165, 1.54) is 51.5 Å². The zero-order chi connectivity index (χ0) is 25.4. The van der Waals surface area contributed by atoms with E-state index < -0.39 is 0 Å². The lowest BCUT2D eigenvalue weighted by Crippen LogP contribution is -2.37. The molecule has 0 unspecified atom stereocenters. The smallest absolute Gasteiger partial charge is 0.131 e. The van der Waals surface area contributed by atoms with Crippen LogP contribution in [-0.4, -0.2) is 44.1 Å². The molecule has 6 rings (SSSR count). The van der Waals surface area contributed by atoms with Gasteiger partial charge < -0.3 is 4.90 Å². The van der Waals surface area contributed by atoms with Gasteiger partial charge in [0.15, 0.2) is 0 Å². The average molecular weight is 502 g/mol. The van der Waals surface area contributed by atoms with Gasteiger partial charge in [0.1, 0.15) is 5.82 Å². The summed E-state index contributed by atoms with van der Waals surface area (Å²) >= 11 is 0. The maximum Gasteiger partial charge on any atom is 0.131 e. The molecule has 0 spiro atoms. The topological polar surface area (TPSA) is 38.9 Å². The first-order valence-corrected chi connectivity index (χ1v) is 14.5. The number of piperidine rings is 1. The van der Waals surface area contributed by atoms with Crippen LogP contribution in [0.2, 0.25) is 0 Å². The Kier molecular flexibility index (Phi) is 7.02. The average Bonchev–Trinajstić information content (AvgIpc) is 3.45. The molecule has 2 aromatic carbocycles. The Labute approximate surface area is 219 Å². The Morgan fingerprint density at radius 2 is 1.68 bits per heavy atom. The molecule has 0 bridgehead atoms. The maximum absolute atomic E-state index is 15.5. The summed E-state index contributed by atoms with van der Waals surface area (Å²) in [6.07, 6.45) is 13.9. The van der Waals surface area contributed by atoms with Gasteiger partial charge in [0, 0.05) is 42.4 Å². The fraction of sp³-hybridized carbons (Fsp3) is 0.548. The highest BCUT2D eigenvalue weighted by atomic mass is 19.1. The van der Waals surface area contributed by atoms with Gasteiger partial charge in [0.25, 0.3) is 0 Å². The number of hydrogen-bond acceptors (Lipinski definition) is 3. The summed E-state index contributed by atoms with van der Waals surface area (Å²) in [6.45, 7) is 6.49. The van der Waals surface area contributed by atoms with Crippen LogP contribution in [0.25, 0.3) is 32.9 Å². The summed E-state index contributed by atoms with van der Waals surface area (Å²) in [5.74, 6) is 1.08. The molecule has 196 valence electrons. The molecule has 4 aromatic rings. The van der Waals surface area contributed by atoms with Crippen molar-refractivity contribution in [3.8, 4) is 11.1 Å². The Morgan fingerprint density at radius 1 is 0.919 bits per heavy atom. The Balaban J connectivity index is 1.30. The summed E-state index contributed by atoms with van der Waals surface area (Å²) in [5.41, 5.74) is 4.80. The first-order chi connectivity index (χ1) is 18.1. The predicted molar refractivity (Wildman–Crippen MR) is 149 cm³/mol. The number of hydrogen-bond donors (Lipinski definition) is 0. The van der Waals surface area contributed by atoms with E-state index in [4.69, 9.17) is 5.10 Å². The number of aryl methyl sites for hydroxylation is 2. The number of halogens is 1. The van der Waals surface area contributed by atoms with E-state index in [1.807, 2.05) is 23.9 Å². The second-order valence-corrected chi connectivity index (χ2v) is 11.3. The number of nitrogens with zero attached hydrogens (tertiary/aromatic N) is 5. The van der Waals surface area contributed by atoms with Crippen LogP contribution >= 0.6 is 0 Å². The Hall–Kier alpha value is -2.73. The van der Waals surface area contributed by atoms with Crippen LogP contribution in [0.15, 0.2) is 36.5 Å². The van der Waals surface area contributed by atoms with Gasteiger partial charge in [-0.3, -0.25) is 9.36 Å². The van der Waals surface area contributed by atoms with Crippen LogP contribution in [0.3, 0.4) is 0 Å². The van der Waals surface area contributed by atoms with Gasteiger partial charge in [-0.2, -0.15) is 10.2 Å². The molecular weight excluding hydrogens is 461 g/mol. The van der Waals surface area contributed by atoms with Crippen LogP contribution in [0, 0.1) is 11.7 Å². The third-order valence-corrected chi connectivity index (χ3v) is 8.95. The molecule has 37 heavy (non-hydrogen) atoms. The van der Waals surface area contributed by atoms with Crippen molar-refractivity contribution in [1.29, 1.82) is 0 Å². The first kappa shape index (κ1) is 24.6. The number of fused-ring (bicyclic) bond motifs is 2. The second kappa shape index (κ2) is 10.6. The molecule has 2 aliphatic rings. The maximum atomic E-state index is 15.5. The highest BCUT2D eigenvalue weighted by Crippen LogP contribution is 2.40. The molecule has 1 saturated carbocycles. The molecule has 3 heterocycles. The SMILES string of the molecule is CCn1nc(C2CCN(CC3CCCCCCC3)CC2)c2c(-c3cc4c(cnn4C)cc3F)cccc21. The van der Waals surface area contributed by atoms with Gasteiger partial charge in [-0.05, 0) is 75.4 Å². The molecule has 1 saturated heterocycles. The summed E-state index contributed by atoms with van der Waals surface area (Å²) in [6, 6.07) is 9.83. The van der Waals surface area contributed by atoms with Crippen molar-refractivity contribution in [3.05, 3.63) is 48.0 Å². The van der Waals surface area contributed by atoms with Crippen LogP contribution in [-0.2, 0) is 13.6 Å². The molecule has 0 amide bonds. The van der Waals surface area contributed by atoms with Crippen LogP contribution in [0.5, 0.6) is 0 Å². The lowest BCUT2D eigenvalue weighted by atomic mass is 9.87. The highest BCUT2D eigenvalue weighted by Gasteiger charge is 2.28. The van der Waals surface area contributed by atoms with Crippen LogP contribution < -0.4 is 0 Å². The van der Waals surface area contributed by atoms with Gasteiger partial charge in [-0.15, -0.1) is 0 Å². The molecule has 2 fully saturated rings. The van der Waals surface area contributed by atoms with Crippen LogP contribution in [0.1, 0.15) is 76.3 Å². The minimum atomic E-state index is -0.197. The fourth-order valence-electron chi connectivity index (χ4n) is 6.87. The zero-order valence-electron chi connectivity index (χ0n) is 22.4. The first-order valence-electron chi connectivity index (χ1n) is 14.5. The minimum absolute atomic E-state index is 0.197. The van der Waals surface area contributed by atoms with Gasteiger partial charge in [0.05, 0.1) is 22.9 Å². The zero-order valence-corrected chi connectivity index (χ0v) is 22.4. The van der Waals surface area contributed by atoms with Gasteiger partial charge in [-0.1, -0.05) is 44.2 Å². The Bertz CT molecular complexity index is 1370. The highest BCUT2D eigenvalue weighted by molar-refractivity contribution is 5.99. The van der Waals surface area contributed by atoms with Gasteiger partial charge in [-0.25, -0.2) is 4.39 Å². The van der Waals surface area contributed by atoms with E-state index in [0.29, 0.717) is 11.5 Å². The van der Waals surface area contributed by atoms with E-state index >= 15 is 4.39 Å². The Morgan fingerprint density at radius 3 is 2.43 bits per heavy atom. The minimum Gasteiger partial charge on any atom is -0.303 e. The van der Waals surface area contributed by atoms with Crippen LogP contribution in [0.4, 0.5) is 4.39 Å². The van der Waals surface area contributed by atoms with E-state index in [0.717, 1.165) is 71.5 Å². The lowest BCUT2D eigenvalue weighted by Gasteiger charge is -2.34. The predicted octanol–water partition coefficient (Wildman–Crippen LogP) is 7.29. The van der Waals surface area contributed by atoms with Gasteiger partial charge >= 0.3 is 0 Å². The molecule has 5 nitrogen and oxygen atoms in total. The van der Waals surface area contributed by atoms with Crippen molar-refractivity contribution in [2.24, 2.45) is 13.0 Å². The van der Waals surface area contributed by atoms with Crippen molar-refractivity contribution < 1.29 is 4.39 Å². The van der Waals surface area contributed by atoms with E-state index in [1.54, 1.807) is 12.3 Å². The lowest BCUT2D eigenvalue weighted by molar-refractivity contribution is 0.168. The summed E-state index contributed by atoms with van der Waals surface area (Å²) in [4.78, 5) is 2.71. The van der Waals surface area contributed by atoms with E-state index in [9.17, 15) is 0 Å². The number of aromatic nitrogens is 4.